The predicted octanol–water partition coefficient (Wildman–Crippen LogP) is 1.67. The van der Waals surface area contributed by atoms with Crippen molar-refractivity contribution < 1.29 is 13.9 Å². The molecule has 1 amide bonds. The number of amides is 1. The van der Waals surface area contributed by atoms with Crippen molar-refractivity contribution in [2.75, 3.05) is 0 Å². The van der Waals surface area contributed by atoms with E-state index in [-0.39, 0.29) is 5.69 Å². The lowest BCUT2D eigenvalue weighted by Crippen LogP contribution is -2.16. The number of alkyl halides is 1. The fraction of sp³-hybridized carbons (Fsp3) is 0.167. The minimum absolute atomic E-state index is 0.206. The van der Waals surface area contributed by atoms with Gasteiger partial charge >= 0.3 is 0 Å². The average Bonchev–Trinajstić information content (AvgIpc) is 2.77. The molecule has 0 spiro atoms. The van der Waals surface area contributed by atoms with E-state index in [0.29, 0.717) is 11.4 Å². The molecule has 0 aliphatic rings. The van der Waals surface area contributed by atoms with Crippen molar-refractivity contribution in [1.29, 1.82) is 0 Å². The minimum atomic E-state index is -1.45. The zero-order chi connectivity index (χ0) is 13.1. The van der Waals surface area contributed by atoms with Gasteiger partial charge < -0.3 is 10.5 Å². The van der Waals surface area contributed by atoms with E-state index in [1.165, 1.54) is 24.0 Å². The zero-order valence-corrected chi connectivity index (χ0v) is 9.71. The van der Waals surface area contributed by atoms with E-state index < -0.39 is 12.3 Å². The van der Waals surface area contributed by atoms with Crippen molar-refractivity contribution >= 4 is 5.91 Å². The predicted molar refractivity (Wildman–Crippen MR) is 63.3 cm³/mol. The van der Waals surface area contributed by atoms with Gasteiger partial charge in [0.15, 0.2) is 0 Å². The number of para-hydroxylation sites is 2. The Morgan fingerprint density at radius 2 is 2.22 bits per heavy atom. The van der Waals surface area contributed by atoms with Gasteiger partial charge in [0.25, 0.3) is 5.91 Å². The summed E-state index contributed by atoms with van der Waals surface area (Å²) in [6.45, 7) is 1.28. The van der Waals surface area contributed by atoms with E-state index in [2.05, 4.69) is 4.98 Å². The number of hydrogen-bond donors (Lipinski definition) is 1. The van der Waals surface area contributed by atoms with Crippen LogP contribution < -0.4 is 10.5 Å². The molecule has 18 heavy (non-hydrogen) atoms. The van der Waals surface area contributed by atoms with Crippen LogP contribution in [-0.2, 0) is 0 Å². The lowest BCUT2D eigenvalue weighted by atomic mass is 10.2. The van der Waals surface area contributed by atoms with Gasteiger partial charge in [0.05, 0.1) is 18.2 Å². The second-order valence-electron chi connectivity index (χ2n) is 3.64. The first kappa shape index (κ1) is 12.1. The fourth-order valence-electron chi connectivity index (χ4n) is 1.60. The van der Waals surface area contributed by atoms with Crippen LogP contribution >= 0.6 is 0 Å². The summed E-state index contributed by atoms with van der Waals surface area (Å²) in [5.41, 5.74) is 5.95. The van der Waals surface area contributed by atoms with E-state index in [1.54, 1.807) is 24.3 Å². The summed E-state index contributed by atoms with van der Waals surface area (Å²) in [6.07, 6.45) is 1.31. The van der Waals surface area contributed by atoms with E-state index in [4.69, 9.17) is 10.5 Å². The normalized spacial score (nSPS) is 12.1. The standard InChI is InChI=1S/C12H12FN3O2/c1-8(13)18-11-5-3-2-4-9(11)16-7-15-6-10(16)12(14)17/h2-8H,1H3,(H2,14,17). The molecule has 2 rings (SSSR count). The van der Waals surface area contributed by atoms with Gasteiger partial charge in [-0.15, -0.1) is 0 Å². The van der Waals surface area contributed by atoms with Crippen LogP contribution in [0, 0.1) is 0 Å². The fourth-order valence-corrected chi connectivity index (χ4v) is 1.60. The summed E-state index contributed by atoms with van der Waals surface area (Å²) in [4.78, 5) is 15.1. The van der Waals surface area contributed by atoms with Gasteiger partial charge in [-0.3, -0.25) is 9.36 Å². The van der Waals surface area contributed by atoms with E-state index in [1.807, 2.05) is 0 Å². The first-order valence-corrected chi connectivity index (χ1v) is 5.32. The third-order valence-electron chi connectivity index (χ3n) is 2.31. The molecule has 0 saturated carbocycles. The Bertz CT molecular complexity index is 566. The molecule has 1 unspecified atom stereocenters. The van der Waals surface area contributed by atoms with Crippen LogP contribution in [-0.4, -0.2) is 21.8 Å². The number of primary amides is 1. The second kappa shape index (κ2) is 4.87. The Hall–Kier alpha value is -2.37. The monoisotopic (exact) mass is 249 g/mol. The Morgan fingerprint density at radius 3 is 2.89 bits per heavy atom. The largest absolute Gasteiger partial charge is 0.459 e. The Morgan fingerprint density at radius 1 is 1.50 bits per heavy atom. The first-order chi connectivity index (χ1) is 8.59. The summed E-state index contributed by atoms with van der Waals surface area (Å²) in [7, 11) is 0. The van der Waals surface area contributed by atoms with Gasteiger partial charge in [-0.05, 0) is 12.1 Å². The van der Waals surface area contributed by atoms with Crippen molar-refractivity contribution in [3.63, 3.8) is 0 Å². The molecule has 0 bridgehead atoms. The summed E-state index contributed by atoms with van der Waals surface area (Å²) in [5.74, 6) is -0.302. The van der Waals surface area contributed by atoms with E-state index in [9.17, 15) is 9.18 Å². The van der Waals surface area contributed by atoms with Gasteiger partial charge in [0.2, 0.25) is 6.36 Å². The molecule has 0 aliphatic heterocycles. The van der Waals surface area contributed by atoms with Crippen LogP contribution in [0.25, 0.3) is 5.69 Å². The van der Waals surface area contributed by atoms with Crippen LogP contribution in [0.2, 0.25) is 0 Å². The number of carbonyl (C=O) groups is 1. The maximum absolute atomic E-state index is 12.9. The highest BCUT2D eigenvalue weighted by Gasteiger charge is 2.14. The summed E-state index contributed by atoms with van der Waals surface area (Å²) >= 11 is 0. The summed E-state index contributed by atoms with van der Waals surface area (Å²) in [6, 6.07) is 6.75. The second-order valence-corrected chi connectivity index (χ2v) is 3.64. The quantitative estimate of drug-likeness (QED) is 0.895. The molecule has 2 aromatic rings. The topological polar surface area (TPSA) is 70.1 Å². The number of hydrogen-bond acceptors (Lipinski definition) is 3. The minimum Gasteiger partial charge on any atom is -0.459 e. The smallest absolute Gasteiger partial charge is 0.267 e. The molecule has 1 heterocycles. The Kier molecular flexibility index (Phi) is 3.27. The Balaban J connectivity index is 2.50. The molecule has 2 N–H and O–H groups in total. The lowest BCUT2D eigenvalue weighted by molar-refractivity contribution is 0.0859. The molecule has 0 fully saturated rings. The number of imidazole rings is 1. The average molecular weight is 249 g/mol. The van der Waals surface area contributed by atoms with Crippen molar-refractivity contribution in [3.8, 4) is 11.4 Å². The summed E-state index contributed by atoms with van der Waals surface area (Å²) < 4.78 is 19.4. The number of halogens is 1. The highest BCUT2D eigenvalue weighted by atomic mass is 19.1. The van der Waals surface area contributed by atoms with Crippen molar-refractivity contribution in [2.24, 2.45) is 5.73 Å². The molecule has 1 aromatic heterocycles. The van der Waals surface area contributed by atoms with Crippen molar-refractivity contribution in [1.82, 2.24) is 9.55 Å². The van der Waals surface area contributed by atoms with Crippen LogP contribution in [0.15, 0.2) is 36.8 Å². The third-order valence-corrected chi connectivity index (χ3v) is 2.31. The van der Waals surface area contributed by atoms with Crippen LogP contribution in [0.1, 0.15) is 17.4 Å². The molecular formula is C12H12FN3O2. The van der Waals surface area contributed by atoms with Gasteiger partial charge in [0.1, 0.15) is 11.4 Å². The number of nitrogens with zero attached hydrogens (tertiary/aromatic N) is 2. The molecular weight excluding hydrogens is 237 g/mol. The molecule has 1 atom stereocenters. The Labute approximate surface area is 103 Å². The van der Waals surface area contributed by atoms with Gasteiger partial charge in [0, 0.05) is 6.92 Å². The van der Waals surface area contributed by atoms with Crippen LogP contribution in [0.4, 0.5) is 4.39 Å². The van der Waals surface area contributed by atoms with Crippen molar-refractivity contribution in [3.05, 3.63) is 42.5 Å². The lowest BCUT2D eigenvalue weighted by Gasteiger charge is -2.13. The molecule has 0 radical (unpaired) electrons. The highest BCUT2D eigenvalue weighted by molar-refractivity contribution is 5.91. The van der Waals surface area contributed by atoms with Crippen LogP contribution in [0.5, 0.6) is 5.75 Å². The maximum Gasteiger partial charge on any atom is 0.267 e. The number of nitrogens with two attached hydrogens (primary N) is 1. The molecule has 94 valence electrons. The third kappa shape index (κ3) is 2.32. The van der Waals surface area contributed by atoms with Crippen LogP contribution in [0.3, 0.4) is 0 Å². The summed E-state index contributed by atoms with van der Waals surface area (Å²) in [5, 5.41) is 0. The zero-order valence-electron chi connectivity index (χ0n) is 9.71. The molecule has 5 nitrogen and oxygen atoms in total. The van der Waals surface area contributed by atoms with Crippen molar-refractivity contribution in [2.45, 2.75) is 13.3 Å². The van der Waals surface area contributed by atoms with E-state index in [0.717, 1.165) is 0 Å². The van der Waals surface area contributed by atoms with Gasteiger partial charge in [-0.2, -0.15) is 0 Å². The molecule has 0 saturated heterocycles. The molecule has 0 aliphatic carbocycles. The van der Waals surface area contributed by atoms with Gasteiger partial charge in [-0.25, -0.2) is 9.37 Å². The maximum atomic E-state index is 12.9. The number of aromatic nitrogens is 2. The molecule has 6 heteroatoms. The van der Waals surface area contributed by atoms with E-state index >= 15 is 0 Å². The number of rotatable bonds is 4. The SMILES string of the molecule is CC(F)Oc1ccccc1-n1cncc1C(N)=O. The number of carbonyl (C=O) groups excluding carboxylic acids is 1. The first-order valence-electron chi connectivity index (χ1n) is 5.32. The molecule has 1 aromatic carbocycles. The van der Waals surface area contributed by atoms with Gasteiger partial charge in [-0.1, -0.05) is 12.1 Å². The highest BCUT2D eigenvalue weighted by Crippen LogP contribution is 2.24. The number of ether oxygens (including phenoxy) is 1. The number of benzene rings is 1.